The van der Waals surface area contributed by atoms with Crippen LogP contribution in [0, 0.1) is 11.8 Å². The van der Waals surface area contributed by atoms with Gasteiger partial charge in [0.05, 0.1) is 12.3 Å². The number of methoxy groups -OCH3 is 1. The van der Waals surface area contributed by atoms with Crippen molar-refractivity contribution >= 4 is 11.6 Å². The first-order valence-electron chi connectivity index (χ1n) is 8.62. The summed E-state index contributed by atoms with van der Waals surface area (Å²) in [6, 6.07) is 2.51. The predicted molar refractivity (Wildman–Crippen MR) is 90.3 cm³/mol. The van der Waals surface area contributed by atoms with Gasteiger partial charge in [0.15, 0.2) is 0 Å². The van der Waals surface area contributed by atoms with Crippen LogP contribution >= 0.6 is 0 Å². The standard InChI is InChI=1S/C17H27N5O/c1-12(2)13-5-4-6-14(8-7-13)20-16-9-15(10-23-3)21-17-18-11-19-22(16)17/h9,11-14,20H,4-8,10H2,1-3H3. The lowest BCUT2D eigenvalue weighted by molar-refractivity contribution is 0.181. The summed E-state index contributed by atoms with van der Waals surface area (Å²) in [7, 11) is 1.68. The maximum atomic E-state index is 5.21. The van der Waals surface area contributed by atoms with Crippen LogP contribution < -0.4 is 5.32 Å². The molecule has 23 heavy (non-hydrogen) atoms. The third-order valence-corrected chi connectivity index (χ3v) is 4.91. The number of rotatable bonds is 5. The number of nitrogens with zero attached hydrogens (tertiary/aromatic N) is 4. The molecule has 1 fully saturated rings. The van der Waals surface area contributed by atoms with Crippen molar-refractivity contribution in [2.75, 3.05) is 12.4 Å². The summed E-state index contributed by atoms with van der Waals surface area (Å²) in [6.07, 6.45) is 7.90. The fourth-order valence-corrected chi connectivity index (χ4v) is 3.54. The molecule has 0 bridgehead atoms. The van der Waals surface area contributed by atoms with E-state index < -0.39 is 0 Å². The van der Waals surface area contributed by atoms with Crippen molar-refractivity contribution in [2.24, 2.45) is 11.8 Å². The molecule has 2 atom stereocenters. The van der Waals surface area contributed by atoms with Gasteiger partial charge in [0.1, 0.15) is 12.1 Å². The molecule has 0 radical (unpaired) electrons. The first-order chi connectivity index (χ1) is 11.2. The molecule has 1 N–H and O–H groups in total. The molecule has 0 spiro atoms. The molecular formula is C17H27N5O. The highest BCUT2D eigenvalue weighted by Crippen LogP contribution is 2.30. The van der Waals surface area contributed by atoms with Gasteiger partial charge in [-0.05, 0) is 31.1 Å². The van der Waals surface area contributed by atoms with E-state index in [-0.39, 0.29) is 0 Å². The normalized spacial score (nSPS) is 22.4. The van der Waals surface area contributed by atoms with Gasteiger partial charge < -0.3 is 10.1 Å². The molecule has 1 saturated carbocycles. The zero-order chi connectivity index (χ0) is 16.2. The second-order valence-corrected chi connectivity index (χ2v) is 6.89. The Balaban J connectivity index is 1.76. The summed E-state index contributed by atoms with van der Waals surface area (Å²) in [6.45, 7) is 5.17. The predicted octanol–water partition coefficient (Wildman–Crippen LogP) is 3.29. The molecular weight excluding hydrogens is 290 g/mol. The monoisotopic (exact) mass is 317 g/mol. The van der Waals surface area contributed by atoms with Gasteiger partial charge in [0.25, 0.3) is 5.78 Å². The van der Waals surface area contributed by atoms with E-state index in [4.69, 9.17) is 4.74 Å². The minimum Gasteiger partial charge on any atom is -0.378 e. The van der Waals surface area contributed by atoms with Gasteiger partial charge in [-0.1, -0.05) is 26.7 Å². The molecule has 2 heterocycles. The van der Waals surface area contributed by atoms with Crippen LogP contribution in [-0.2, 0) is 11.3 Å². The van der Waals surface area contributed by atoms with Crippen molar-refractivity contribution in [2.45, 2.75) is 58.6 Å². The highest BCUT2D eigenvalue weighted by atomic mass is 16.5. The van der Waals surface area contributed by atoms with Crippen LogP contribution in [0.4, 0.5) is 5.82 Å². The van der Waals surface area contributed by atoms with Gasteiger partial charge >= 0.3 is 0 Å². The Bertz CT molecular complexity index is 639. The number of hydrogen-bond acceptors (Lipinski definition) is 5. The highest BCUT2D eigenvalue weighted by Gasteiger charge is 2.21. The minimum atomic E-state index is 0.484. The van der Waals surface area contributed by atoms with Crippen LogP contribution in [0.5, 0.6) is 0 Å². The maximum Gasteiger partial charge on any atom is 0.254 e. The van der Waals surface area contributed by atoms with Gasteiger partial charge in [0.2, 0.25) is 0 Å². The molecule has 0 aliphatic heterocycles. The molecule has 2 aromatic heterocycles. The Morgan fingerprint density at radius 2 is 2.17 bits per heavy atom. The highest BCUT2D eigenvalue weighted by molar-refractivity contribution is 5.45. The smallest absolute Gasteiger partial charge is 0.254 e. The molecule has 0 saturated heterocycles. The third kappa shape index (κ3) is 3.80. The molecule has 0 amide bonds. The number of hydrogen-bond donors (Lipinski definition) is 1. The minimum absolute atomic E-state index is 0.484. The van der Waals surface area contributed by atoms with Crippen LogP contribution in [-0.4, -0.2) is 32.7 Å². The van der Waals surface area contributed by atoms with Crippen LogP contribution in [0.1, 0.15) is 51.6 Å². The number of aromatic nitrogens is 4. The van der Waals surface area contributed by atoms with Crippen molar-refractivity contribution in [1.29, 1.82) is 0 Å². The second kappa shape index (κ2) is 7.25. The lowest BCUT2D eigenvalue weighted by Gasteiger charge is -2.20. The van der Waals surface area contributed by atoms with Crippen molar-refractivity contribution in [1.82, 2.24) is 19.6 Å². The zero-order valence-corrected chi connectivity index (χ0v) is 14.3. The molecule has 2 unspecified atom stereocenters. The molecule has 1 aliphatic carbocycles. The summed E-state index contributed by atoms with van der Waals surface area (Å²) in [5.41, 5.74) is 0.879. The summed E-state index contributed by atoms with van der Waals surface area (Å²) >= 11 is 0. The maximum absolute atomic E-state index is 5.21. The van der Waals surface area contributed by atoms with Crippen molar-refractivity contribution in [3.05, 3.63) is 18.1 Å². The zero-order valence-electron chi connectivity index (χ0n) is 14.3. The Hall–Kier alpha value is -1.69. The van der Waals surface area contributed by atoms with Crippen molar-refractivity contribution < 1.29 is 4.74 Å². The summed E-state index contributed by atoms with van der Waals surface area (Å²) in [5.74, 6) is 3.22. The van der Waals surface area contributed by atoms with E-state index in [1.165, 1.54) is 32.1 Å². The molecule has 6 heteroatoms. The topological polar surface area (TPSA) is 64.3 Å². The molecule has 126 valence electrons. The van der Waals surface area contributed by atoms with Crippen LogP contribution in [0.2, 0.25) is 0 Å². The average molecular weight is 317 g/mol. The van der Waals surface area contributed by atoms with Gasteiger partial charge in [-0.25, -0.2) is 4.98 Å². The largest absolute Gasteiger partial charge is 0.378 e. The van der Waals surface area contributed by atoms with Crippen LogP contribution in [0.15, 0.2) is 12.4 Å². The quantitative estimate of drug-likeness (QED) is 0.857. The first kappa shape index (κ1) is 16.2. The van der Waals surface area contributed by atoms with E-state index in [1.54, 1.807) is 18.0 Å². The van der Waals surface area contributed by atoms with Crippen LogP contribution in [0.3, 0.4) is 0 Å². The molecule has 1 aliphatic rings. The number of fused-ring (bicyclic) bond motifs is 1. The van der Waals surface area contributed by atoms with E-state index in [2.05, 4.69) is 34.2 Å². The fraction of sp³-hybridized carbons (Fsp3) is 0.706. The summed E-state index contributed by atoms with van der Waals surface area (Å²) < 4.78 is 6.99. The lowest BCUT2D eigenvalue weighted by Crippen LogP contribution is -2.21. The average Bonchev–Trinajstić information content (AvgIpc) is 2.86. The molecule has 0 aromatic carbocycles. The van der Waals surface area contributed by atoms with E-state index in [0.29, 0.717) is 18.4 Å². The Labute approximate surface area is 137 Å². The Kier molecular flexibility index (Phi) is 5.10. The van der Waals surface area contributed by atoms with E-state index in [9.17, 15) is 0 Å². The molecule has 2 aromatic rings. The van der Waals surface area contributed by atoms with Crippen molar-refractivity contribution in [3.63, 3.8) is 0 Å². The number of ether oxygens (including phenoxy) is 1. The van der Waals surface area contributed by atoms with E-state index in [0.717, 1.165) is 23.3 Å². The van der Waals surface area contributed by atoms with Gasteiger partial charge in [0, 0.05) is 19.2 Å². The third-order valence-electron chi connectivity index (χ3n) is 4.91. The van der Waals surface area contributed by atoms with Gasteiger partial charge in [-0.2, -0.15) is 14.6 Å². The van der Waals surface area contributed by atoms with E-state index >= 15 is 0 Å². The Morgan fingerprint density at radius 1 is 1.30 bits per heavy atom. The number of nitrogens with one attached hydrogen (secondary N) is 1. The first-order valence-corrected chi connectivity index (χ1v) is 8.62. The summed E-state index contributed by atoms with van der Waals surface area (Å²) in [4.78, 5) is 8.67. The molecule has 6 nitrogen and oxygen atoms in total. The van der Waals surface area contributed by atoms with E-state index in [1.807, 2.05) is 6.07 Å². The van der Waals surface area contributed by atoms with Crippen molar-refractivity contribution in [3.8, 4) is 0 Å². The Morgan fingerprint density at radius 3 is 2.96 bits per heavy atom. The lowest BCUT2D eigenvalue weighted by atomic mass is 9.89. The van der Waals surface area contributed by atoms with Gasteiger partial charge in [-0.3, -0.25) is 0 Å². The fourth-order valence-electron chi connectivity index (χ4n) is 3.54. The molecule has 3 rings (SSSR count). The summed E-state index contributed by atoms with van der Waals surface area (Å²) in [5, 5.41) is 7.96. The second-order valence-electron chi connectivity index (χ2n) is 6.89. The van der Waals surface area contributed by atoms with Crippen LogP contribution in [0.25, 0.3) is 5.78 Å². The van der Waals surface area contributed by atoms with Gasteiger partial charge in [-0.15, -0.1) is 0 Å². The number of anilines is 1. The SMILES string of the molecule is COCc1cc(NC2CCCC(C(C)C)CC2)n2ncnc2n1.